The summed E-state index contributed by atoms with van der Waals surface area (Å²) in [4.78, 5) is 14.0. The van der Waals surface area contributed by atoms with Crippen LogP contribution >= 0.6 is 0 Å². The first-order valence-electron chi connectivity index (χ1n) is 8.17. The highest BCUT2D eigenvalue weighted by Gasteiger charge is 2.22. The molecule has 1 aliphatic rings. The predicted molar refractivity (Wildman–Crippen MR) is 85.7 cm³/mol. The number of likely N-dealkylation sites (tertiary alicyclic amines) is 1. The Kier molecular flexibility index (Phi) is 7.29. The Bertz CT molecular complexity index is 490. The molecule has 5 nitrogen and oxygen atoms in total. The molecule has 0 radical (unpaired) electrons. The van der Waals surface area contributed by atoms with Crippen molar-refractivity contribution in [2.24, 2.45) is 5.73 Å². The van der Waals surface area contributed by atoms with Gasteiger partial charge in [-0.25, -0.2) is 4.39 Å². The molecule has 0 spiro atoms. The summed E-state index contributed by atoms with van der Waals surface area (Å²) in [5, 5.41) is 0. The number of nitrogens with zero attached hydrogens (tertiary/aromatic N) is 1. The highest BCUT2D eigenvalue weighted by Crippen LogP contribution is 2.17. The summed E-state index contributed by atoms with van der Waals surface area (Å²) in [5.74, 6) is -0.176. The topological polar surface area (TPSA) is 64.8 Å². The number of ether oxygens (including phenoxy) is 2. The number of rotatable bonds is 8. The van der Waals surface area contributed by atoms with Crippen LogP contribution in [0.5, 0.6) is 5.75 Å². The first-order chi connectivity index (χ1) is 11.2. The molecule has 0 aliphatic carbocycles. The molecular formula is C17H25FN2O3. The van der Waals surface area contributed by atoms with Gasteiger partial charge in [0.15, 0.2) is 11.6 Å². The van der Waals surface area contributed by atoms with E-state index in [0.29, 0.717) is 26.2 Å². The lowest BCUT2D eigenvalue weighted by Gasteiger charge is -2.32. The maximum Gasteiger partial charge on any atom is 0.226 e. The van der Waals surface area contributed by atoms with Crippen LogP contribution in [0.1, 0.15) is 25.7 Å². The van der Waals surface area contributed by atoms with Crippen molar-refractivity contribution in [3.63, 3.8) is 0 Å². The number of para-hydroxylation sites is 1. The molecule has 1 aliphatic heterocycles. The largest absolute Gasteiger partial charge is 0.490 e. The summed E-state index contributed by atoms with van der Waals surface area (Å²) in [5.41, 5.74) is 5.44. The molecule has 1 saturated heterocycles. The number of hydrogen-bond acceptors (Lipinski definition) is 4. The summed E-state index contributed by atoms with van der Waals surface area (Å²) in [6, 6.07) is 6.21. The monoisotopic (exact) mass is 324 g/mol. The molecule has 0 atom stereocenters. The third-order valence-electron chi connectivity index (χ3n) is 3.91. The van der Waals surface area contributed by atoms with Gasteiger partial charge in [-0.2, -0.15) is 0 Å². The second-order valence-corrected chi connectivity index (χ2v) is 5.62. The van der Waals surface area contributed by atoms with E-state index in [0.717, 1.165) is 19.3 Å². The van der Waals surface area contributed by atoms with E-state index in [4.69, 9.17) is 15.2 Å². The molecule has 1 aromatic carbocycles. The first kappa shape index (κ1) is 17.7. The van der Waals surface area contributed by atoms with Crippen molar-refractivity contribution >= 4 is 5.91 Å². The average molecular weight is 324 g/mol. The maximum absolute atomic E-state index is 13.4. The molecule has 0 unspecified atom stereocenters. The van der Waals surface area contributed by atoms with E-state index in [2.05, 4.69) is 0 Å². The van der Waals surface area contributed by atoms with Crippen molar-refractivity contribution in [1.82, 2.24) is 4.90 Å². The Morgan fingerprint density at radius 3 is 2.70 bits per heavy atom. The van der Waals surface area contributed by atoms with E-state index in [1.165, 1.54) is 6.07 Å². The molecule has 1 heterocycles. The molecule has 6 heteroatoms. The number of amides is 1. The lowest BCUT2D eigenvalue weighted by atomic mass is 10.1. The number of benzene rings is 1. The standard InChI is InChI=1S/C17H25FN2O3/c18-15-4-1-2-5-16(15)23-13-8-17(21)20-10-6-14(7-11-20)22-12-3-9-19/h1-2,4-5,14H,3,6-13,19H2. The summed E-state index contributed by atoms with van der Waals surface area (Å²) in [7, 11) is 0. The van der Waals surface area contributed by atoms with E-state index < -0.39 is 5.82 Å². The van der Waals surface area contributed by atoms with Gasteiger partial charge in [0.05, 0.1) is 19.1 Å². The molecule has 1 aromatic rings. The number of halogens is 1. The van der Waals surface area contributed by atoms with Crippen molar-refractivity contribution in [3.05, 3.63) is 30.1 Å². The van der Waals surface area contributed by atoms with Gasteiger partial charge in [-0.3, -0.25) is 4.79 Å². The minimum atomic E-state index is -0.407. The summed E-state index contributed by atoms with van der Waals surface area (Å²) < 4.78 is 24.4. The van der Waals surface area contributed by atoms with Gasteiger partial charge in [-0.05, 0) is 37.9 Å². The maximum atomic E-state index is 13.4. The van der Waals surface area contributed by atoms with Crippen LogP contribution in [0.2, 0.25) is 0 Å². The van der Waals surface area contributed by atoms with Crippen LogP contribution in [0.15, 0.2) is 24.3 Å². The molecule has 0 aromatic heterocycles. The third-order valence-corrected chi connectivity index (χ3v) is 3.91. The predicted octanol–water partition coefficient (Wildman–Crippen LogP) is 1.95. The first-order valence-corrected chi connectivity index (χ1v) is 8.17. The SMILES string of the molecule is NCCCOC1CCN(C(=O)CCOc2ccccc2F)CC1. The van der Waals surface area contributed by atoms with Crippen LogP contribution in [0.3, 0.4) is 0 Å². The van der Waals surface area contributed by atoms with Crippen LogP contribution < -0.4 is 10.5 Å². The van der Waals surface area contributed by atoms with Gasteiger partial charge >= 0.3 is 0 Å². The lowest BCUT2D eigenvalue weighted by Crippen LogP contribution is -2.41. The molecule has 1 amide bonds. The summed E-state index contributed by atoms with van der Waals surface area (Å²) in [6.07, 6.45) is 3.05. The van der Waals surface area contributed by atoms with Crippen molar-refractivity contribution in [1.29, 1.82) is 0 Å². The second-order valence-electron chi connectivity index (χ2n) is 5.62. The molecule has 0 bridgehead atoms. The molecule has 2 N–H and O–H groups in total. The van der Waals surface area contributed by atoms with Gasteiger partial charge in [-0.1, -0.05) is 12.1 Å². The van der Waals surface area contributed by atoms with E-state index in [9.17, 15) is 9.18 Å². The summed E-state index contributed by atoms with van der Waals surface area (Å²) in [6.45, 7) is 2.91. The number of piperidine rings is 1. The number of carbonyl (C=O) groups excluding carboxylic acids is 1. The van der Waals surface area contributed by atoms with Gasteiger partial charge < -0.3 is 20.1 Å². The van der Waals surface area contributed by atoms with E-state index >= 15 is 0 Å². The Morgan fingerprint density at radius 2 is 2.00 bits per heavy atom. The van der Waals surface area contributed by atoms with Crippen molar-refractivity contribution in [2.75, 3.05) is 32.8 Å². The van der Waals surface area contributed by atoms with Crippen LogP contribution in [-0.2, 0) is 9.53 Å². The van der Waals surface area contributed by atoms with Crippen molar-refractivity contribution in [2.45, 2.75) is 31.8 Å². The zero-order valence-corrected chi connectivity index (χ0v) is 13.4. The Labute approximate surface area is 136 Å². The van der Waals surface area contributed by atoms with Crippen LogP contribution in [0, 0.1) is 5.82 Å². The molecule has 1 fully saturated rings. The molecule has 128 valence electrons. The van der Waals surface area contributed by atoms with Gasteiger partial charge in [0, 0.05) is 19.7 Å². The molecule has 23 heavy (non-hydrogen) atoms. The van der Waals surface area contributed by atoms with Crippen LogP contribution in [0.4, 0.5) is 4.39 Å². The Balaban J connectivity index is 1.64. The number of carbonyl (C=O) groups is 1. The number of nitrogens with two attached hydrogens (primary N) is 1. The molecular weight excluding hydrogens is 299 g/mol. The zero-order chi connectivity index (χ0) is 16.5. The van der Waals surface area contributed by atoms with Crippen molar-refractivity contribution in [3.8, 4) is 5.75 Å². The van der Waals surface area contributed by atoms with Gasteiger partial charge in [0.25, 0.3) is 0 Å². The van der Waals surface area contributed by atoms with Gasteiger partial charge in [-0.15, -0.1) is 0 Å². The van der Waals surface area contributed by atoms with E-state index in [-0.39, 0.29) is 30.8 Å². The average Bonchev–Trinajstić information content (AvgIpc) is 2.57. The third kappa shape index (κ3) is 5.80. The Morgan fingerprint density at radius 1 is 1.26 bits per heavy atom. The number of hydrogen-bond donors (Lipinski definition) is 1. The fourth-order valence-electron chi connectivity index (χ4n) is 2.57. The Hall–Kier alpha value is -1.66. The minimum absolute atomic E-state index is 0.0433. The quantitative estimate of drug-likeness (QED) is 0.742. The fourth-order valence-corrected chi connectivity index (χ4v) is 2.57. The lowest BCUT2D eigenvalue weighted by molar-refractivity contribution is -0.134. The molecule has 2 rings (SSSR count). The summed E-state index contributed by atoms with van der Waals surface area (Å²) >= 11 is 0. The van der Waals surface area contributed by atoms with Gasteiger partial charge in [0.1, 0.15) is 0 Å². The van der Waals surface area contributed by atoms with Crippen LogP contribution in [0.25, 0.3) is 0 Å². The smallest absolute Gasteiger partial charge is 0.226 e. The second kappa shape index (κ2) is 9.47. The molecule has 0 saturated carbocycles. The van der Waals surface area contributed by atoms with E-state index in [1.807, 2.05) is 4.90 Å². The highest BCUT2D eigenvalue weighted by atomic mass is 19.1. The highest BCUT2D eigenvalue weighted by molar-refractivity contribution is 5.76. The van der Waals surface area contributed by atoms with Crippen molar-refractivity contribution < 1.29 is 18.7 Å². The van der Waals surface area contributed by atoms with E-state index in [1.54, 1.807) is 18.2 Å². The minimum Gasteiger partial charge on any atom is -0.490 e. The zero-order valence-electron chi connectivity index (χ0n) is 13.4. The van der Waals surface area contributed by atoms with Crippen LogP contribution in [-0.4, -0.2) is 49.8 Å². The fraction of sp³-hybridized carbons (Fsp3) is 0.588. The van der Waals surface area contributed by atoms with Gasteiger partial charge in [0.2, 0.25) is 5.91 Å². The normalized spacial score (nSPS) is 15.7.